The van der Waals surface area contributed by atoms with Gasteiger partial charge in [0.15, 0.2) is 5.11 Å². The van der Waals surface area contributed by atoms with Gasteiger partial charge in [-0.15, -0.1) is 0 Å². The normalized spacial score (nSPS) is 10.2. The summed E-state index contributed by atoms with van der Waals surface area (Å²) in [5.74, 6) is -0.727. The lowest BCUT2D eigenvalue weighted by Gasteiger charge is -2.12. The molecular weight excluding hydrogens is 426 g/mol. The average Bonchev–Trinajstić information content (AvgIpc) is 2.77. The second-order valence-corrected chi connectivity index (χ2v) is 7.86. The number of anilines is 1. The standard InChI is InChI=1S/C24H29N3O4S/c1-27(2)22(29)13-11-19-9-6-10-20(17-19)25-24(32)26-21(28)12-14-23(30)31-16-15-18-7-4-3-5-8-18/h3-10,17H,11-16H2,1-2H3,(H2,25,26,28,32). The van der Waals surface area contributed by atoms with Crippen LogP contribution in [0.4, 0.5) is 5.69 Å². The number of carbonyl (C=O) groups excluding carboxylic acids is 3. The summed E-state index contributed by atoms with van der Waals surface area (Å²) >= 11 is 5.18. The number of nitrogens with zero attached hydrogens (tertiary/aromatic N) is 1. The van der Waals surface area contributed by atoms with Gasteiger partial charge < -0.3 is 20.3 Å². The summed E-state index contributed by atoms with van der Waals surface area (Å²) in [4.78, 5) is 37.2. The summed E-state index contributed by atoms with van der Waals surface area (Å²) in [7, 11) is 3.46. The highest BCUT2D eigenvalue weighted by Gasteiger charge is 2.10. The number of nitrogens with one attached hydrogen (secondary N) is 2. The molecule has 0 atom stereocenters. The zero-order chi connectivity index (χ0) is 23.3. The Morgan fingerprint density at radius 1 is 0.906 bits per heavy atom. The first-order valence-corrected chi connectivity index (χ1v) is 10.8. The van der Waals surface area contributed by atoms with Crippen LogP contribution in [0.1, 0.15) is 30.4 Å². The summed E-state index contributed by atoms with van der Waals surface area (Å²) in [6.07, 6.45) is 1.63. The molecule has 2 rings (SSSR count). The Labute approximate surface area is 194 Å². The second kappa shape index (κ2) is 13.2. The van der Waals surface area contributed by atoms with E-state index in [4.69, 9.17) is 17.0 Å². The van der Waals surface area contributed by atoms with E-state index in [1.54, 1.807) is 19.0 Å². The predicted molar refractivity (Wildman–Crippen MR) is 128 cm³/mol. The van der Waals surface area contributed by atoms with Gasteiger partial charge >= 0.3 is 5.97 Å². The molecule has 7 nitrogen and oxygen atoms in total. The molecule has 2 aromatic rings. The van der Waals surface area contributed by atoms with Crippen LogP contribution in [-0.4, -0.2) is 48.5 Å². The lowest BCUT2D eigenvalue weighted by molar-refractivity contribution is -0.144. The molecule has 0 bridgehead atoms. The van der Waals surface area contributed by atoms with Crippen molar-refractivity contribution in [3.63, 3.8) is 0 Å². The predicted octanol–water partition coefficient (Wildman–Crippen LogP) is 3.09. The van der Waals surface area contributed by atoms with Crippen molar-refractivity contribution in [2.24, 2.45) is 0 Å². The minimum atomic E-state index is -0.421. The molecule has 0 fully saturated rings. The number of benzene rings is 2. The number of rotatable bonds is 10. The Balaban J connectivity index is 1.68. The summed E-state index contributed by atoms with van der Waals surface area (Å²) in [6, 6.07) is 17.2. The van der Waals surface area contributed by atoms with Crippen molar-refractivity contribution in [2.75, 3.05) is 26.0 Å². The molecule has 170 valence electrons. The number of ether oxygens (including phenoxy) is 1. The SMILES string of the molecule is CN(C)C(=O)CCc1cccc(NC(=S)NC(=O)CCC(=O)OCCc2ccccc2)c1. The molecule has 8 heteroatoms. The number of aryl methyl sites for hydroxylation is 1. The van der Waals surface area contributed by atoms with Crippen LogP contribution in [-0.2, 0) is 32.0 Å². The van der Waals surface area contributed by atoms with E-state index < -0.39 is 5.97 Å². The third-order valence-electron chi connectivity index (χ3n) is 4.62. The molecule has 32 heavy (non-hydrogen) atoms. The molecule has 2 aromatic carbocycles. The van der Waals surface area contributed by atoms with Gasteiger partial charge in [0.2, 0.25) is 11.8 Å². The average molecular weight is 456 g/mol. The number of hydrogen-bond donors (Lipinski definition) is 2. The van der Waals surface area contributed by atoms with Gasteiger partial charge in [-0.3, -0.25) is 14.4 Å². The van der Waals surface area contributed by atoms with E-state index in [0.717, 1.165) is 11.1 Å². The van der Waals surface area contributed by atoms with E-state index in [2.05, 4.69) is 10.6 Å². The van der Waals surface area contributed by atoms with Gasteiger partial charge in [0.25, 0.3) is 0 Å². The molecule has 0 spiro atoms. The molecular formula is C24H29N3O4S. The van der Waals surface area contributed by atoms with E-state index in [1.165, 1.54) is 0 Å². The van der Waals surface area contributed by atoms with E-state index in [-0.39, 0.29) is 36.4 Å². The van der Waals surface area contributed by atoms with Crippen molar-refractivity contribution in [1.82, 2.24) is 10.2 Å². The first-order valence-electron chi connectivity index (χ1n) is 10.4. The summed E-state index contributed by atoms with van der Waals surface area (Å²) < 4.78 is 5.17. The molecule has 0 aliphatic rings. The number of carbonyl (C=O) groups is 3. The van der Waals surface area contributed by atoms with Gasteiger partial charge in [-0.2, -0.15) is 0 Å². The molecule has 0 saturated heterocycles. The molecule has 2 N–H and O–H groups in total. The fraction of sp³-hybridized carbons (Fsp3) is 0.333. The minimum absolute atomic E-state index is 0.0152. The third kappa shape index (κ3) is 9.70. The molecule has 0 aromatic heterocycles. The highest BCUT2D eigenvalue weighted by molar-refractivity contribution is 7.80. The fourth-order valence-electron chi connectivity index (χ4n) is 2.85. The van der Waals surface area contributed by atoms with Crippen LogP contribution in [0.15, 0.2) is 54.6 Å². The van der Waals surface area contributed by atoms with E-state index in [0.29, 0.717) is 24.9 Å². The monoisotopic (exact) mass is 455 g/mol. The van der Waals surface area contributed by atoms with Crippen molar-refractivity contribution < 1.29 is 19.1 Å². The van der Waals surface area contributed by atoms with Crippen molar-refractivity contribution in [3.05, 3.63) is 65.7 Å². The van der Waals surface area contributed by atoms with Crippen LogP contribution < -0.4 is 10.6 Å². The van der Waals surface area contributed by atoms with Crippen molar-refractivity contribution >= 4 is 40.8 Å². The highest BCUT2D eigenvalue weighted by atomic mass is 32.1. The van der Waals surface area contributed by atoms with Crippen LogP contribution in [0.25, 0.3) is 0 Å². The van der Waals surface area contributed by atoms with Crippen molar-refractivity contribution in [1.29, 1.82) is 0 Å². The lowest BCUT2D eigenvalue weighted by Crippen LogP contribution is -2.34. The topological polar surface area (TPSA) is 87.7 Å². The molecule has 0 radical (unpaired) electrons. The maximum atomic E-state index is 12.1. The summed E-state index contributed by atoms with van der Waals surface area (Å²) in [6.45, 7) is 0.279. The Morgan fingerprint density at radius 2 is 1.62 bits per heavy atom. The zero-order valence-corrected chi connectivity index (χ0v) is 19.2. The van der Waals surface area contributed by atoms with Crippen LogP contribution in [0.3, 0.4) is 0 Å². The van der Waals surface area contributed by atoms with Gasteiger partial charge in [0, 0.05) is 39.0 Å². The van der Waals surface area contributed by atoms with Crippen LogP contribution in [0.5, 0.6) is 0 Å². The first kappa shape index (κ1) is 25.0. The number of hydrogen-bond acceptors (Lipinski definition) is 5. The summed E-state index contributed by atoms with van der Waals surface area (Å²) in [5, 5.41) is 5.66. The van der Waals surface area contributed by atoms with E-state index in [9.17, 15) is 14.4 Å². The number of thiocarbonyl (C=S) groups is 1. The van der Waals surface area contributed by atoms with Crippen molar-refractivity contribution in [2.45, 2.75) is 32.1 Å². The van der Waals surface area contributed by atoms with Crippen LogP contribution in [0.2, 0.25) is 0 Å². The first-order chi connectivity index (χ1) is 15.3. The van der Waals surface area contributed by atoms with E-state index >= 15 is 0 Å². The van der Waals surface area contributed by atoms with Crippen molar-refractivity contribution in [3.8, 4) is 0 Å². The Morgan fingerprint density at radius 3 is 2.34 bits per heavy atom. The maximum absolute atomic E-state index is 12.1. The Bertz CT molecular complexity index is 932. The van der Waals surface area contributed by atoms with E-state index in [1.807, 2.05) is 54.6 Å². The molecule has 2 amide bonds. The molecule has 0 saturated carbocycles. The fourth-order valence-corrected chi connectivity index (χ4v) is 3.08. The third-order valence-corrected chi connectivity index (χ3v) is 4.82. The lowest BCUT2D eigenvalue weighted by atomic mass is 10.1. The molecule has 0 unspecified atom stereocenters. The molecule has 0 aliphatic heterocycles. The van der Waals surface area contributed by atoms with Crippen LogP contribution >= 0.6 is 12.2 Å². The zero-order valence-electron chi connectivity index (χ0n) is 18.4. The summed E-state index contributed by atoms with van der Waals surface area (Å²) in [5.41, 5.74) is 2.78. The Hall–Kier alpha value is -3.26. The smallest absolute Gasteiger partial charge is 0.306 e. The largest absolute Gasteiger partial charge is 0.465 e. The van der Waals surface area contributed by atoms with Gasteiger partial charge in [-0.1, -0.05) is 42.5 Å². The van der Waals surface area contributed by atoms with Gasteiger partial charge in [-0.25, -0.2) is 0 Å². The van der Waals surface area contributed by atoms with Gasteiger partial charge in [-0.05, 0) is 41.9 Å². The molecule has 0 aliphatic carbocycles. The maximum Gasteiger partial charge on any atom is 0.306 e. The number of amides is 2. The molecule has 0 heterocycles. The van der Waals surface area contributed by atoms with Gasteiger partial charge in [0.05, 0.1) is 13.0 Å². The quantitative estimate of drug-likeness (QED) is 0.423. The minimum Gasteiger partial charge on any atom is -0.465 e. The van der Waals surface area contributed by atoms with Gasteiger partial charge in [0.1, 0.15) is 0 Å². The highest BCUT2D eigenvalue weighted by Crippen LogP contribution is 2.13. The Kier molecular flexibility index (Phi) is 10.3. The second-order valence-electron chi connectivity index (χ2n) is 7.45. The number of esters is 1. The van der Waals surface area contributed by atoms with Crippen LogP contribution in [0, 0.1) is 0 Å².